The highest BCUT2D eigenvalue weighted by Crippen LogP contribution is 2.32. The smallest absolute Gasteiger partial charge is 0.341 e. The van der Waals surface area contributed by atoms with Crippen LogP contribution < -0.4 is 4.74 Å². The number of likely N-dealkylation sites (N-methyl/N-ethyl adjacent to an activating group) is 2. The molecule has 1 aromatic carbocycles. The second kappa shape index (κ2) is 7.72. The number of carboxylic acid groups (broad SMARTS) is 1. The largest absolute Gasteiger partial charge is 0.482 e. The minimum absolute atomic E-state index is 0.294. The van der Waals surface area contributed by atoms with Gasteiger partial charge in [-0.15, -0.1) is 0 Å². The molecule has 0 radical (unpaired) electrons. The number of ether oxygens (including phenoxy) is 1. The fourth-order valence-electron chi connectivity index (χ4n) is 4.08. The van der Waals surface area contributed by atoms with Crippen LogP contribution in [0.1, 0.15) is 18.4 Å². The van der Waals surface area contributed by atoms with Crippen LogP contribution in [0.25, 0.3) is 0 Å². The minimum Gasteiger partial charge on any atom is -0.482 e. The third-order valence-corrected chi connectivity index (χ3v) is 5.70. The Balaban J connectivity index is 1.60. The van der Waals surface area contributed by atoms with Crippen molar-refractivity contribution in [1.82, 2.24) is 14.7 Å². The average Bonchev–Trinajstić information content (AvgIpc) is 2.60. The van der Waals surface area contributed by atoms with E-state index in [4.69, 9.17) is 9.84 Å². The predicted octanol–water partition coefficient (Wildman–Crippen LogP) is 1.36. The maximum Gasteiger partial charge on any atom is 0.341 e. The highest BCUT2D eigenvalue weighted by molar-refractivity contribution is 5.68. The average molecular weight is 347 g/mol. The molecule has 2 heterocycles. The van der Waals surface area contributed by atoms with Gasteiger partial charge >= 0.3 is 5.97 Å². The first-order valence-electron chi connectivity index (χ1n) is 9.03. The van der Waals surface area contributed by atoms with Crippen LogP contribution in [0.4, 0.5) is 0 Å². The number of hydrogen-bond acceptors (Lipinski definition) is 5. The molecule has 3 rings (SSSR count). The zero-order valence-electron chi connectivity index (χ0n) is 15.3. The molecule has 6 heteroatoms. The molecule has 0 aromatic heterocycles. The Morgan fingerprint density at radius 3 is 2.60 bits per heavy atom. The summed E-state index contributed by atoms with van der Waals surface area (Å²) < 4.78 is 5.44. The van der Waals surface area contributed by atoms with E-state index in [0.717, 1.165) is 44.8 Å². The topological polar surface area (TPSA) is 56.2 Å². The van der Waals surface area contributed by atoms with Gasteiger partial charge in [0.2, 0.25) is 0 Å². The maximum absolute atomic E-state index is 10.8. The lowest BCUT2D eigenvalue weighted by Crippen LogP contribution is -2.63. The molecule has 138 valence electrons. The van der Waals surface area contributed by atoms with Crippen molar-refractivity contribution < 1.29 is 14.6 Å². The molecule has 25 heavy (non-hydrogen) atoms. The normalized spacial score (nSPS) is 22.2. The van der Waals surface area contributed by atoms with Crippen LogP contribution in [0.2, 0.25) is 0 Å². The number of likely N-dealkylation sites (tertiary alicyclic amines) is 1. The van der Waals surface area contributed by atoms with E-state index in [1.807, 2.05) is 24.3 Å². The lowest BCUT2D eigenvalue weighted by Gasteiger charge is -2.52. The van der Waals surface area contributed by atoms with Gasteiger partial charge in [-0.25, -0.2) is 4.79 Å². The first-order chi connectivity index (χ1) is 12.0. The summed E-state index contributed by atoms with van der Waals surface area (Å²) >= 11 is 0. The third-order valence-electron chi connectivity index (χ3n) is 5.70. The van der Waals surface area contributed by atoms with E-state index in [-0.39, 0.29) is 6.61 Å². The van der Waals surface area contributed by atoms with Gasteiger partial charge < -0.3 is 14.7 Å². The number of carbonyl (C=O) groups is 1. The maximum atomic E-state index is 10.8. The fraction of sp³-hybridized carbons (Fsp3) is 0.632. The second-order valence-electron chi connectivity index (χ2n) is 7.45. The molecule has 0 atom stereocenters. The Kier molecular flexibility index (Phi) is 5.61. The van der Waals surface area contributed by atoms with Gasteiger partial charge in [-0.1, -0.05) is 18.2 Å². The molecule has 2 fully saturated rings. The van der Waals surface area contributed by atoms with Gasteiger partial charge in [0, 0.05) is 50.4 Å². The number of piperidine rings is 1. The van der Waals surface area contributed by atoms with Crippen molar-refractivity contribution in [3.05, 3.63) is 29.8 Å². The van der Waals surface area contributed by atoms with Gasteiger partial charge in [0.25, 0.3) is 0 Å². The van der Waals surface area contributed by atoms with Crippen LogP contribution in [0.3, 0.4) is 0 Å². The number of para-hydroxylation sites is 1. The molecule has 1 spiro atoms. The standard InChI is InChI=1S/C19H29N3O3/c1-20-11-12-21(2)19(15-20)7-9-22(10-8-19)13-16-5-3-4-6-17(16)25-14-18(23)24/h3-6H,7-15H2,1-2H3,(H,23,24). The number of aliphatic carboxylic acids is 1. The lowest BCUT2D eigenvalue weighted by molar-refractivity contribution is -0.139. The number of rotatable bonds is 5. The van der Waals surface area contributed by atoms with E-state index in [1.165, 1.54) is 12.8 Å². The van der Waals surface area contributed by atoms with Gasteiger partial charge in [-0.05, 0) is 33.0 Å². The molecule has 0 amide bonds. The summed E-state index contributed by atoms with van der Waals surface area (Å²) in [4.78, 5) is 18.2. The van der Waals surface area contributed by atoms with Crippen molar-refractivity contribution in [2.45, 2.75) is 24.9 Å². The van der Waals surface area contributed by atoms with Crippen molar-refractivity contribution in [3.63, 3.8) is 0 Å². The van der Waals surface area contributed by atoms with Crippen LogP contribution in [0.5, 0.6) is 5.75 Å². The Labute approximate surface area is 150 Å². The SMILES string of the molecule is CN1CCN(C)C2(CCN(Cc3ccccc3OCC(=O)O)CC2)C1. The number of nitrogens with zero attached hydrogens (tertiary/aromatic N) is 3. The first-order valence-corrected chi connectivity index (χ1v) is 9.03. The molecule has 1 aromatic rings. The molecule has 0 aliphatic carbocycles. The zero-order chi connectivity index (χ0) is 17.9. The molecule has 1 N–H and O–H groups in total. The van der Waals surface area contributed by atoms with Crippen molar-refractivity contribution in [2.75, 3.05) is 53.4 Å². The van der Waals surface area contributed by atoms with Crippen LogP contribution in [0.15, 0.2) is 24.3 Å². The number of piperazine rings is 1. The molecule has 2 saturated heterocycles. The van der Waals surface area contributed by atoms with E-state index >= 15 is 0 Å². The minimum atomic E-state index is -0.945. The summed E-state index contributed by atoms with van der Waals surface area (Å²) in [5.41, 5.74) is 1.37. The van der Waals surface area contributed by atoms with Crippen molar-refractivity contribution in [1.29, 1.82) is 0 Å². The summed E-state index contributed by atoms with van der Waals surface area (Å²) in [6.07, 6.45) is 2.35. The summed E-state index contributed by atoms with van der Waals surface area (Å²) in [6.45, 7) is 6.08. The Morgan fingerprint density at radius 2 is 1.88 bits per heavy atom. The summed E-state index contributed by atoms with van der Waals surface area (Å²) in [5.74, 6) is -0.265. The van der Waals surface area contributed by atoms with Gasteiger partial charge in [-0.3, -0.25) is 9.80 Å². The molecule has 6 nitrogen and oxygen atoms in total. The highest BCUT2D eigenvalue weighted by Gasteiger charge is 2.41. The Hall–Kier alpha value is -1.63. The lowest BCUT2D eigenvalue weighted by atomic mass is 9.83. The van der Waals surface area contributed by atoms with Crippen molar-refractivity contribution >= 4 is 5.97 Å². The monoisotopic (exact) mass is 347 g/mol. The van der Waals surface area contributed by atoms with Crippen LogP contribution in [-0.4, -0.2) is 84.7 Å². The first kappa shape index (κ1) is 18.2. The molecular formula is C19H29N3O3. The highest BCUT2D eigenvalue weighted by atomic mass is 16.5. The molecule has 2 aliphatic rings. The Morgan fingerprint density at radius 1 is 1.16 bits per heavy atom. The molecule has 2 aliphatic heterocycles. The van der Waals surface area contributed by atoms with E-state index < -0.39 is 5.97 Å². The van der Waals surface area contributed by atoms with Gasteiger partial charge in [0.05, 0.1) is 0 Å². The van der Waals surface area contributed by atoms with Gasteiger partial charge in [-0.2, -0.15) is 0 Å². The van der Waals surface area contributed by atoms with Gasteiger partial charge in [0.1, 0.15) is 5.75 Å². The molecule has 0 unspecified atom stereocenters. The van der Waals surface area contributed by atoms with Crippen LogP contribution >= 0.6 is 0 Å². The third kappa shape index (κ3) is 4.32. The summed E-state index contributed by atoms with van der Waals surface area (Å²) in [5, 5.41) is 8.83. The van der Waals surface area contributed by atoms with Crippen LogP contribution in [0, 0.1) is 0 Å². The number of benzene rings is 1. The second-order valence-corrected chi connectivity index (χ2v) is 7.45. The zero-order valence-corrected chi connectivity index (χ0v) is 15.3. The van der Waals surface area contributed by atoms with E-state index in [1.54, 1.807) is 0 Å². The summed E-state index contributed by atoms with van der Waals surface area (Å²) in [6, 6.07) is 7.76. The fourth-order valence-corrected chi connectivity index (χ4v) is 4.08. The van der Waals surface area contributed by atoms with E-state index in [0.29, 0.717) is 11.3 Å². The number of hydrogen-bond donors (Lipinski definition) is 1. The van der Waals surface area contributed by atoms with E-state index in [9.17, 15) is 4.79 Å². The predicted molar refractivity (Wildman–Crippen MR) is 96.9 cm³/mol. The van der Waals surface area contributed by atoms with Crippen molar-refractivity contribution in [2.24, 2.45) is 0 Å². The van der Waals surface area contributed by atoms with Gasteiger partial charge in [0.15, 0.2) is 6.61 Å². The number of carboxylic acids is 1. The molecular weight excluding hydrogens is 318 g/mol. The Bertz CT molecular complexity index is 599. The van der Waals surface area contributed by atoms with E-state index in [2.05, 4.69) is 28.8 Å². The van der Waals surface area contributed by atoms with Crippen LogP contribution in [-0.2, 0) is 11.3 Å². The quantitative estimate of drug-likeness (QED) is 0.868. The summed E-state index contributed by atoms with van der Waals surface area (Å²) in [7, 11) is 4.48. The van der Waals surface area contributed by atoms with Crippen molar-refractivity contribution in [3.8, 4) is 5.75 Å². The molecule has 0 bridgehead atoms. The molecule has 0 saturated carbocycles.